The maximum Gasteiger partial charge on any atom is 0.180 e. The number of hydrogen-bond acceptors (Lipinski definition) is 5. The predicted molar refractivity (Wildman–Crippen MR) is 84.6 cm³/mol. The Labute approximate surface area is 128 Å². The zero-order valence-electron chi connectivity index (χ0n) is 12.1. The fourth-order valence-corrected chi connectivity index (χ4v) is 4.69. The molecular formula is C16H19N3OS. The Kier molecular flexibility index (Phi) is 3.12. The lowest BCUT2D eigenvalue weighted by molar-refractivity contribution is 0.106. The highest BCUT2D eigenvalue weighted by molar-refractivity contribution is 7.15. The SMILES string of the molecule is COc1ccc(CN2CC3CCC2c2sc(N)nc23)cc1. The Bertz CT molecular complexity index is 652. The first-order chi connectivity index (χ1) is 10.2. The second-order valence-corrected chi connectivity index (χ2v) is 6.93. The van der Waals surface area contributed by atoms with Gasteiger partial charge in [0.25, 0.3) is 0 Å². The fourth-order valence-electron chi connectivity index (χ4n) is 3.60. The van der Waals surface area contributed by atoms with E-state index in [9.17, 15) is 0 Å². The smallest absolute Gasteiger partial charge is 0.180 e. The van der Waals surface area contributed by atoms with E-state index < -0.39 is 0 Å². The van der Waals surface area contributed by atoms with E-state index in [1.54, 1.807) is 18.4 Å². The van der Waals surface area contributed by atoms with Crippen LogP contribution < -0.4 is 10.5 Å². The number of nitrogens with zero attached hydrogens (tertiary/aromatic N) is 2. The highest BCUT2D eigenvalue weighted by Crippen LogP contribution is 2.49. The van der Waals surface area contributed by atoms with Gasteiger partial charge < -0.3 is 10.5 Å². The summed E-state index contributed by atoms with van der Waals surface area (Å²) in [6.45, 7) is 2.09. The maximum absolute atomic E-state index is 5.92. The van der Waals surface area contributed by atoms with Gasteiger partial charge in [-0.3, -0.25) is 4.90 Å². The summed E-state index contributed by atoms with van der Waals surface area (Å²) in [7, 11) is 1.70. The molecule has 1 aromatic heterocycles. The monoisotopic (exact) mass is 301 g/mol. The minimum absolute atomic E-state index is 0.502. The molecule has 3 aliphatic rings. The summed E-state index contributed by atoms with van der Waals surface area (Å²) in [5.74, 6) is 1.48. The van der Waals surface area contributed by atoms with E-state index in [1.807, 2.05) is 12.1 Å². The first-order valence-electron chi connectivity index (χ1n) is 7.37. The van der Waals surface area contributed by atoms with Gasteiger partial charge in [-0.2, -0.15) is 0 Å². The zero-order valence-corrected chi connectivity index (χ0v) is 12.9. The van der Waals surface area contributed by atoms with E-state index in [-0.39, 0.29) is 0 Å². The molecule has 1 fully saturated rings. The number of piperidine rings is 1. The molecule has 5 heteroatoms. The van der Waals surface area contributed by atoms with Gasteiger partial charge in [-0.25, -0.2) is 4.98 Å². The Morgan fingerprint density at radius 2 is 2.14 bits per heavy atom. The van der Waals surface area contributed by atoms with E-state index in [0.29, 0.717) is 12.0 Å². The lowest BCUT2D eigenvalue weighted by Gasteiger charge is -2.44. The van der Waals surface area contributed by atoms with Crippen LogP contribution in [0.4, 0.5) is 5.13 Å². The van der Waals surface area contributed by atoms with Crippen molar-refractivity contribution in [2.45, 2.75) is 31.3 Å². The number of anilines is 1. The summed E-state index contributed by atoms with van der Waals surface area (Å²) in [6.07, 6.45) is 2.48. The third-order valence-corrected chi connectivity index (χ3v) is 5.62. The van der Waals surface area contributed by atoms with Crippen molar-refractivity contribution in [3.8, 4) is 5.75 Å². The fraction of sp³-hybridized carbons (Fsp3) is 0.438. The first kappa shape index (κ1) is 13.1. The molecular weight excluding hydrogens is 282 g/mol. The molecule has 0 spiro atoms. The Morgan fingerprint density at radius 3 is 2.90 bits per heavy atom. The minimum Gasteiger partial charge on any atom is -0.497 e. The van der Waals surface area contributed by atoms with E-state index in [0.717, 1.165) is 24.0 Å². The molecule has 2 aliphatic heterocycles. The Morgan fingerprint density at radius 1 is 1.33 bits per heavy atom. The number of methoxy groups -OCH3 is 1. The summed E-state index contributed by atoms with van der Waals surface area (Å²) in [5, 5.41) is 0.725. The number of thiazole rings is 1. The summed E-state index contributed by atoms with van der Waals surface area (Å²) < 4.78 is 5.22. The molecule has 2 bridgehead atoms. The van der Waals surface area contributed by atoms with Crippen molar-refractivity contribution in [1.82, 2.24) is 9.88 Å². The van der Waals surface area contributed by atoms with Crippen molar-refractivity contribution in [3.05, 3.63) is 40.4 Å². The van der Waals surface area contributed by atoms with Gasteiger partial charge in [0, 0.05) is 29.9 Å². The number of fused-ring (bicyclic) bond motifs is 2. The Balaban J connectivity index is 1.57. The number of aromatic nitrogens is 1. The number of ether oxygens (including phenoxy) is 1. The van der Waals surface area contributed by atoms with Gasteiger partial charge in [0.1, 0.15) is 5.75 Å². The third kappa shape index (κ3) is 2.21. The molecule has 4 nitrogen and oxygen atoms in total. The van der Waals surface area contributed by atoms with Gasteiger partial charge in [0.2, 0.25) is 0 Å². The van der Waals surface area contributed by atoms with Crippen molar-refractivity contribution in [2.75, 3.05) is 19.4 Å². The third-order valence-electron chi connectivity index (χ3n) is 4.62. The van der Waals surface area contributed by atoms with Crippen LogP contribution in [0.1, 0.15) is 40.9 Å². The summed E-state index contributed by atoms with van der Waals surface area (Å²) in [4.78, 5) is 8.54. The highest BCUT2D eigenvalue weighted by Gasteiger charge is 2.40. The first-order valence-corrected chi connectivity index (χ1v) is 8.19. The second kappa shape index (κ2) is 5.00. The van der Waals surface area contributed by atoms with Crippen molar-refractivity contribution in [1.29, 1.82) is 0 Å². The largest absolute Gasteiger partial charge is 0.497 e. The van der Waals surface area contributed by atoms with Crippen LogP contribution in [-0.2, 0) is 6.54 Å². The number of rotatable bonds is 3. The number of nitrogens with two attached hydrogens (primary N) is 1. The molecule has 5 rings (SSSR count). The van der Waals surface area contributed by atoms with Crippen LogP contribution in [0.2, 0.25) is 0 Å². The van der Waals surface area contributed by atoms with Crippen LogP contribution in [0.25, 0.3) is 0 Å². The molecule has 0 saturated carbocycles. The van der Waals surface area contributed by atoms with Crippen LogP contribution in [0.5, 0.6) is 5.75 Å². The maximum atomic E-state index is 5.92. The average molecular weight is 301 g/mol. The average Bonchev–Trinajstić information content (AvgIpc) is 2.92. The van der Waals surface area contributed by atoms with Crippen molar-refractivity contribution < 1.29 is 4.74 Å². The molecule has 0 amide bonds. The molecule has 1 aliphatic carbocycles. The number of benzene rings is 1. The van der Waals surface area contributed by atoms with Crippen LogP contribution in [0.3, 0.4) is 0 Å². The van der Waals surface area contributed by atoms with Gasteiger partial charge in [-0.15, -0.1) is 11.3 Å². The van der Waals surface area contributed by atoms with Crippen molar-refractivity contribution in [3.63, 3.8) is 0 Å². The van der Waals surface area contributed by atoms with Crippen molar-refractivity contribution in [2.24, 2.45) is 0 Å². The summed E-state index contributed by atoms with van der Waals surface area (Å²) in [5.41, 5.74) is 8.53. The lowest BCUT2D eigenvalue weighted by atomic mass is 9.81. The van der Waals surface area contributed by atoms with E-state index >= 15 is 0 Å². The topological polar surface area (TPSA) is 51.4 Å². The minimum atomic E-state index is 0.502. The van der Waals surface area contributed by atoms with Crippen molar-refractivity contribution >= 4 is 16.5 Å². The van der Waals surface area contributed by atoms with Crippen LogP contribution in [0, 0.1) is 0 Å². The van der Waals surface area contributed by atoms with Gasteiger partial charge in [-0.1, -0.05) is 12.1 Å². The Hall–Kier alpha value is -1.59. The molecule has 2 atom stereocenters. The number of nitrogen functional groups attached to an aromatic ring is 1. The van der Waals surface area contributed by atoms with Gasteiger partial charge in [0.05, 0.1) is 12.8 Å². The summed E-state index contributed by atoms with van der Waals surface area (Å²) in [6, 6.07) is 8.88. The summed E-state index contributed by atoms with van der Waals surface area (Å²) >= 11 is 1.68. The molecule has 2 N–H and O–H groups in total. The molecule has 2 unspecified atom stereocenters. The van der Waals surface area contributed by atoms with Gasteiger partial charge in [-0.05, 0) is 30.5 Å². The molecule has 3 heterocycles. The molecule has 1 aromatic carbocycles. The van der Waals surface area contributed by atoms with Gasteiger partial charge in [0.15, 0.2) is 5.13 Å². The lowest BCUT2D eigenvalue weighted by Crippen LogP contribution is -2.41. The normalized spacial score (nSPS) is 24.0. The van der Waals surface area contributed by atoms with E-state index in [4.69, 9.17) is 10.5 Å². The van der Waals surface area contributed by atoms with Crippen LogP contribution in [-0.4, -0.2) is 23.5 Å². The van der Waals surface area contributed by atoms with E-state index in [2.05, 4.69) is 22.0 Å². The van der Waals surface area contributed by atoms with Crippen LogP contribution >= 0.6 is 11.3 Å². The van der Waals surface area contributed by atoms with E-state index in [1.165, 1.54) is 29.0 Å². The molecule has 2 aromatic rings. The zero-order chi connectivity index (χ0) is 14.4. The molecule has 0 radical (unpaired) electrons. The predicted octanol–water partition coefficient (Wildman–Crippen LogP) is 3.17. The quantitative estimate of drug-likeness (QED) is 0.946. The van der Waals surface area contributed by atoms with Gasteiger partial charge >= 0.3 is 0 Å². The highest BCUT2D eigenvalue weighted by atomic mass is 32.1. The standard InChI is InChI=1S/C16H19N3OS/c1-20-12-5-2-10(3-6-12)8-19-9-11-4-7-13(19)15-14(11)18-16(17)21-15/h2-3,5-6,11,13H,4,7-9H2,1H3,(H2,17,18). The molecule has 1 saturated heterocycles. The number of hydrogen-bond donors (Lipinski definition) is 1. The molecule has 21 heavy (non-hydrogen) atoms. The second-order valence-electron chi connectivity index (χ2n) is 5.87. The van der Waals surface area contributed by atoms with Crippen LogP contribution in [0.15, 0.2) is 24.3 Å². The molecule has 110 valence electrons.